The highest BCUT2D eigenvalue weighted by molar-refractivity contribution is 5.98. The Morgan fingerprint density at radius 1 is 0.857 bits per heavy atom. The zero-order valence-corrected chi connectivity index (χ0v) is 15.1. The number of carbonyl (C=O) groups is 1. The van der Waals surface area contributed by atoms with E-state index in [1.54, 1.807) is 12.1 Å². The number of nitro groups is 1. The molecule has 5 heteroatoms. The molecular formula is C23H19NO4. The monoisotopic (exact) mass is 373 g/mol. The molecule has 3 aromatic carbocycles. The van der Waals surface area contributed by atoms with Gasteiger partial charge < -0.3 is 4.74 Å². The van der Waals surface area contributed by atoms with Crippen LogP contribution in [-0.4, -0.2) is 10.7 Å². The maximum absolute atomic E-state index is 13.2. The van der Waals surface area contributed by atoms with Crippen molar-refractivity contribution in [2.45, 2.75) is 18.6 Å². The number of ketones is 1. The summed E-state index contributed by atoms with van der Waals surface area (Å²) in [4.78, 5) is 23.7. The number of nitro benzene ring substituents is 1. The molecule has 5 nitrogen and oxygen atoms in total. The number of nitrogens with zero attached hydrogens (tertiary/aromatic N) is 1. The van der Waals surface area contributed by atoms with Crippen molar-refractivity contribution in [2.75, 3.05) is 0 Å². The summed E-state index contributed by atoms with van der Waals surface area (Å²) in [5, 5.41) is 10.9. The van der Waals surface area contributed by atoms with Crippen LogP contribution in [0.1, 0.15) is 40.1 Å². The molecule has 1 fully saturated rings. The van der Waals surface area contributed by atoms with Crippen LogP contribution in [0.2, 0.25) is 0 Å². The van der Waals surface area contributed by atoms with Crippen molar-refractivity contribution in [3.63, 3.8) is 0 Å². The van der Waals surface area contributed by atoms with Crippen LogP contribution in [-0.2, 0) is 4.74 Å². The van der Waals surface area contributed by atoms with E-state index in [9.17, 15) is 14.9 Å². The standard InChI is InChI=1S/C23H19NO4/c25-22(17-9-5-2-6-10-17)20-15-21(16-7-3-1-4-8-16)28-23(20)18-11-13-19(14-12-18)24(26)27/h1-14,20-21,23H,15H2/t20?,21-,23-/m1/s1. The van der Waals surface area contributed by atoms with Gasteiger partial charge in [0.05, 0.1) is 23.0 Å². The molecule has 3 atom stereocenters. The summed E-state index contributed by atoms with van der Waals surface area (Å²) in [6.45, 7) is 0. The van der Waals surface area contributed by atoms with Crippen LogP contribution in [0.5, 0.6) is 0 Å². The summed E-state index contributed by atoms with van der Waals surface area (Å²) in [7, 11) is 0. The summed E-state index contributed by atoms with van der Waals surface area (Å²) in [5.41, 5.74) is 2.47. The fourth-order valence-corrected chi connectivity index (χ4v) is 3.72. The van der Waals surface area contributed by atoms with E-state index in [0.29, 0.717) is 12.0 Å². The van der Waals surface area contributed by atoms with Gasteiger partial charge in [0, 0.05) is 17.7 Å². The van der Waals surface area contributed by atoms with Gasteiger partial charge in [-0.05, 0) is 29.7 Å². The molecule has 0 amide bonds. The minimum atomic E-state index is -0.446. The molecule has 0 N–H and O–H groups in total. The van der Waals surface area contributed by atoms with E-state index in [-0.39, 0.29) is 23.5 Å². The van der Waals surface area contributed by atoms with Crippen molar-refractivity contribution in [3.8, 4) is 0 Å². The van der Waals surface area contributed by atoms with Gasteiger partial charge in [-0.3, -0.25) is 14.9 Å². The Labute approximate surface area is 162 Å². The van der Waals surface area contributed by atoms with Gasteiger partial charge >= 0.3 is 0 Å². The van der Waals surface area contributed by atoms with E-state index in [0.717, 1.165) is 11.1 Å². The van der Waals surface area contributed by atoms with E-state index < -0.39 is 11.0 Å². The van der Waals surface area contributed by atoms with Gasteiger partial charge in [-0.2, -0.15) is 0 Å². The molecule has 1 saturated heterocycles. The minimum Gasteiger partial charge on any atom is -0.365 e. The molecule has 28 heavy (non-hydrogen) atoms. The van der Waals surface area contributed by atoms with Gasteiger partial charge in [0.2, 0.25) is 0 Å². The van der Waals surface area contributed by atoms with Gasteiger partial charge in [-0.25, -0.2) is 0 Å². The first-order valence-corrected chi connectivity index (χ1v) is 9.17. The van der Waals surface area contributed by atoms with Crippen molar-refractivity contribution in [1.82, 2.24) is 0 Å². The highest BCUT2D eigenvalue weighted by Crippen LogP contribution is 2.46. The summed E-state index contributed by atoms with van der Waals surface area (Å²) in [6, 6.07) is 25.3. The maximum Gasteiger partial charge on any atom is 0.269 e. The minimum absolute atomic E-state index is 0.0206. The highest BCUT2D eigenvalue weighted by Gasteiger charge is 2.41. The predicted molar refractivity (Wildman–Crippen MR) is 105 cm³/mol. The zero-order valence-electron chi connectivity index (χ0n) is 15.1. The molecule has 0 aromatic heterocycles. The molecule has 0 bridgehead atoms. The lowest BCUT2D eigenvalue weighted by molar-refractivity contribution is -0.384. The Hall–Kier alpha value is -3.31. The van der Waals surface area contributed by atoms with Crippen LogP contribution in [0.15, 0.2) is 84.9 Å². The molecule has 0 spiro atoms. The molecule has 140 valence electrons. The Morgan fingerprint density at radius 3 is 2.07 bits per heavy atom. The van der Waals surface area contributed by atoms with E-state index in [1.165, 1.54) is 12.1 Å². The lowest BCUT2D eigenvalue weighted by Crippen LogP contribution is -2.18. The second kappa shape index (κ2) is 7.74. The van der Waals surface area contributed by atoms with Gasteiger partial charge in [0.1, 0.15) is 0 Å². The molecule has 3 aromatic rings. The van der Waals surface area contributed by atoms with Gasteiger partial charge in [-0.1, -0.05) is 60.7 Å². The summed E-state index contributed by atoms with van der Waals surface area (Å²) < 4.78 is 6.30. The number of rotatable bonds is 5. The summed E-state index contributed by atoms with van der Waals surface area (Å²) in [6.07, 6.45) is -0.0721. The molecule has 1 heterocycles. The van der Waals surface area contributed by atoms with E-state index in [1.807, 2.05) is 60.7 Å². The Morgan fingerprint density at radius 2 is 1.46 bits per heavy atom. The summed E-state index contributed by atoms with van der Waals surface area (Å²) in [5.74, 6) is -0.323. The van der Waals surface area contributed by atoms with Gasteiger partial charge in [0.25, 0.3) is 5.69 Å². The van der Waals surface area contributed by atoms with Crippen LogP contribution in [0, 0.1) is 16.0 Å². The highest BCUT2D eigenvalue weighted by atomic mass is 16.6. The maximum atomic E-state index is 13.2. The molecule has 1 aliphatic heterocycles. The van der Waals surface area contributed by atoms with Crippen molar-refractivity contribution >= 4 is 11.5 Å². The van der Waals surface area contributed by atoms with Crippen LogP contribution >= 0.6 is 0 Å². The van der Waals surface area contributed by atoms with Gasteiger partial charge in [-0.15, -0.1) is 0 Å². The van der Waals surface area contributed by atoms with E-state index in [4.69, 9.17) is 4.74 Å². The van der Waals surface area contributed by atoms with Crippen molar-refractivity contribution < 1.29 is 14.5 Å². The molecule has 1 unspecified atom stereocenters. The van der Waals surface area contributed by atoms with Crippen LogP contribution < -0.4 is 0 Å². The molecule has 1 aliphatic rings. The predicted octanol–water partition coefficient (Wildman–Crippen LogP) is 5.30. The second-order valence-corrected chi connectivity index (χ2v) is 6.88. The topological polar surface area (TPSA) is 69.4 Å². The smallest absolute Gasteiger partial charge is 0.269 e. The number of carbonyl (C=O) groups excluding carboxylic acids is 1. The average Bonchev–Trinajstić information content (AvgIpc) is 3.20. The van der Waals surface area contributed by atoms with E-state index in [2.05, 4.69) is 0 Å². The normalized spacial score (nSPS) is 21.4. The Balaban J connectivity index is 1.67. The fraction of sp³-hybridized carbons (Fsp3) is 0.174. The third kappa shape index (κ3) is 3.57. The van der Waals surface area contributed by atoms with Crippen LogP contribution in [0.3, 0.4) is 0 Å². The average molecular weight is 373 g/mol. The Bertz CT molecular complexity index is 971. The molecule has 0 saturated carbocycles. The zero-order chi connectivity index (χ0) is 19.5. The Kier molecular flexibility index (Phi) is 5.00. The van der Waals surface area contributed by atoms with Crippen molar-refractivity contribution in [2.24, 2.45) is 5.92 Å². The molecular weight excluding hydrogens is 354 g/mol. The second-order valence-electron chi connectivity index (χ2n) is 6.88. The largest absolute Gasteiger partial charge is 0.365 e. The lowest BCUT2D eigenvalue weighted by atomic mass is 9.86. The van der Waals surface area contributed by atoms with Crippen molar-refractivity contribution in [3.05, 3.63) is 112 Å². The van der Waals surface area contributed by atoms with Crippen molar-refractivity contribution in [1.29, 1.82) is 0 Å². The number of benzene rings is 3. The fourth-order valence-electron chi connectivity index (χ4n) is 3.72. The number of Topliss-reactive ketones (excluding diaryl/α,β-unsaturated/α-hetero) is 1. The molecule has 4 rings (SSSR count). The molecule has 0 radical (unpaired) electrons. The number of ether oxygens (including phenoxy) is 1. The van der Waals surface area contributed by atoms with Gasteiger partial charge in [0.15, 0.2) is 5.78 Å². The first-order valence-electron chi connectivity index (χ1n) is 9.17. The summed E-state index contributed by atoms with van der Waals surface area (Å²) >= 11 is 0. The molecule has 0 aliphatic carbocycles. The van der Waals surface area contributed by atoms with E-state index >= 15 is 0 Å². The first kappa shape index (κ1) is 18.1. The number of non-ortho nitro benzene ring substituents is 1. The third-order valence-electron chi connectivity index (χ3n) is 5.14. The number of hydrogen-bond donors (Lipinski definition) is 0. The first-order chi connectivity index (χ1) is 13.6. The van der Waals surface area contributed by atoms with Crippen LogP contribution in [0.25, 0.3) is 0 Å². The quantitative estimate of drug-likeness (QED) is 0.346. The van der Waals surface area contributed by atoms with Crippen LogP contribution in [0.4, 0.5) is 5.69 Å². The lowest BCUT2D eigenvalue weighted by Gasteiger charge is -2.18. The SMILES string of the molecule is O=C(c1ccccc1)C1C[C@H](c2ccccc2)O[C@@H]1c1ccc([N+](=O)[O-])cc1. The number of hydrogen-bond acceptors (Lipinski definition) is 4. The third-order valence-corrected chi connectivity index (χ3v) is 5.14.